The van der Waals surface area contributed by atoms with Crippen molar-refractivity contribution in [2.75, 3.05) is 36.0 Å². The summed E-state index contributed by atoms with van der Waals surface area (Å²) >= 11 is 0. The minimum Gasteiger partial charge on any atom is -0.353 e. The van der Waals surface area contributed by atoms with Gasteiger partial charge in [-0.3, -0.25) is 0 Å². The normalized spacial score (nSPS) is 14.5. The van der Waals surface area contributed by atoms with Crippen molar-refractivity contribution in [1.82, 2.24) is 34.9 Å². The number of H-pyrrole nitrogens is 1. The fraction of sp³-hybridized carbons (Fsp3) is 0.182. The zero-order valence-electron chi connectivity index (χ0n) is 16.7. The van der Waals surface area contributed by atoms with Crippen LogP contribution in [0.2, 0.25) is 0 Å². The van der Waals surface area contributed by atoms with Crippen LogP contribution in [0.1, 0.15) is 0 Å². The number of nitrogens with zero attached hydrogens (tertiary/aromatic N) is 8. The molecule has 1 saturated heterocycles. The molecule has 4 aromatic heterocycles. The maximum atomic E-state index is 5.02. The SMILES string of the molecule is c1cc(-c2cncnc2)c2nc(N3CCN(c4ncnc5nc[nH]c45)CC3)ccc2c1. The molecule has 1 aromatic carbocycles. The van der Waals surface area contributed by atoms with Crippen LogP contribution in [-0.4, -0.2) is 61.1 Å². The van der Waals surface area contributed by atoms with Gasteiger partial charge in [0.05, 0.1) is 11.8 Å². The maximum Gasteiger partial charge on any atom is 0.182 e. The summed E-state index contributed by atoms with van der Waals surface area (Å²) in [6, 6.07) is 10.4. The highest BCUT2D eigenvalue weighted by Crippen LogP contribution is 2.29. The van der Waals surface area contributed by atoms with E-state index in [9.17, 15) is 0 Å². The lowest BCUT2D eigenvalue weighted by atomic mass is 10.0. The van der Waals surface area contributed by atoms with Gasteiger partial charge < -0.3 is 14.8 Å². The lowest BCUT2D eigenvalue weighted by Crippen LogP contribution is -2.47. The minimum absolute atomic E-state index is 0.695. The second-order valence-electron chi connectivity index (χ2n) is 7.45. The summed E-state index contributed by atoms with van der Waals surface area (Å²) in [4.78, 5) is 34.0. The Kier molecular flexibility index (Phi) is 4.15. The fourth-order valence-corrected chi connectivity index (χ4v) is 4.12. The first kappa shape index (κ1) is 17.7. The van der Waals surface area contributed by atoms with Gasteiger partial charge in [0.15, 0.2) is 11.5 Å². The molecule has 0 atom stereocenters. The molecule has 1 aliphatic rings. The molecule has 9 heteroatoms. The highest BCUT2D eigenvalue weighted by molar-refractivity contribution is 5.94. The number of aromatic nitrogens is 7. The third-order valence-electron chi connectivity index (χ3n) is 5.68. The number of hydrogen-bond donors (Lipinski definition) is 1. The molecular weight excluding hydrogens is 390 g/mol. The van der Waals surface area contributed by atoms with Gasteiger partial charge in [-0.25, -0.2) is 29.9 Å². The van der Waals surface area contributed by atoms with E-state index < -0.39 is 0 Å². The standard InChI is InChI=1S/C22H19N9/c1-2-15-4-5-18(29-19(15)17(3-1)16-10-23-12-24-11-16)30-6-8-31(9-7-30)22-20-21(26-13-25-20)27-14-28-22/h1-5,10-14H,6-9H2,(H,25,26,27,28). The fourth-order valence-electron chi connectivity index (χ4n) is 4.12. The molecule has 152 valence electrons. The monoisotopic (exact) mass is 409 g/mol. The third kappa shape index (κ3) is 3.10. The van der Waals surface area contributed by atoms with Gasteiger partial charge in [0, 0.05) is 55.1 Å². The number of fused-ring (bicyclic) bond motifs is 2. The molecule has 0 unspecified atom stereocenters. The first-order valence-electron chi connectivity index (χ1n) is 10.2. The molecule has 0 amide bonds. The Hall–Kier alpha value is -4.14. The Bertz CT molecular complexity index is 1360. The van der Waals surface area contributed by atoms with Crippen molar-refractivity contribution in [3.8, 4) is 11.1 Å². The van der Waals surface area contributed by atoms with E-state index in [-0.39, 0.29) is 0 Å². The number of benzene rings is 1. The molecule has 0 spiro atoms. The summed E-state index contributed by atoms with van der Waals surface area (Å²) in [5.74, 6) is 1.88. The summed E-state index contributed by atoms with van der Waals surface area (Å²) in [5.41, 5.74) is 4.55. The second-order valence-corrected chi connectivity index (χ2v) is 7.45. The zero-order chi connectivity index (χ0) is 20.6. The van der Waals surface area contributed by atoms with Crippen molar-refractivity contribution in [3.63, 3.8) is 0 Å². The van der Waals surface area contributed by atoms with Gasteiger partial charge in [-0.2, -0.15) is 0 Å². The van der Waals surface area contributed by atoms with E-state index >= 15 is 0 Å². The predicted molar refractivity (Wildman–Crippen MR) is 119 cm³/mol. The first-order chi connectivity index (χ1) is 15.4. The molecule has 0 bridgehead atoms. The van der Waals surface area contributed by atoms with E-state index in [0.717, 1.165) is 65.4 Å². The van der Waals surface area contributed by atoms with Gasteiger partial charge in [-0.05, 0) is 12.1 Å². The van der Waals surface area contributed by atoms with Gasteiger partial charge in [0.2, 0.25) is 0 Å². The van der Waals surface area contributed by atoms with Crippen LogP contribution in [0, 0.1) is 0 Å². The Morgan fingerprint density at radius 1 is 0.806 bits per heavy atom. The average Bonchev–Trinajstić information content (AvgIpc) is 3.33. The quantitative estimate of drug-likeness (QED) is 0.486. The second kappa shape index (κ2) is 7.28. The van der Waals surface area contributed by atoms with Gasteiger partial charge in [0.25, 0.3) is 0 Å². The number of imidazole rings is 1. The number of para-hydroxylation sites is 1. The molecule has 5 heterocycles. The van der Waals surface area contributed by atoms with Gasteiger partial charge in [-0.15, -0.1) is 0 Å². The van der Waals surface area contributed by atoms with E-state index in [0.29, 0.717) is 5.65 Å². The molecule has 31 heavy (non-hydrogen) atoms. The van der Waals surface area contributed by atoms with Crippen LogP contribution < -0.4 is 9.80 Å². The molecule has 0 radical (unpaired) electrons. The maximum absolute atomic E-state index is 5.02. The topological polar surface area (TPSA) is 99.6 Å². The molecule has 6 rings (SSSR count). The van der Waals surface area contributed by atoms with Crippen LogP contribution in [0.5, 0.6) is 0 Å². The molecule has 1 aliphatic heterocycles. The highest BCUT2D eigenvalue weighted by atomic mass is 15.3. The molecule has 0 saturated carbocycles. The Morgan fingerprint density at radius 3 is 2.52 bits per heavy atom. The van der Waals surface area contributed by atoms with Crippen molar-refractivity contribution in [1.29, 1.82) is 0 Å². The lowest BCUT2D eigenvalue weighted by Gasteiger charge is -2.36. The molecule has 1 fully saturated rings. The van der Waals surface area contributed by atoms with Crippen LogP contribution in [0.25, 0.3) is 33.2 Å². The first-order valence-corrected chi connectivity index (χ1v) is 10.2. The Labute approximate surface area is 177 Å². The average molecular weight is 409 g/mol. The summed E-state index contributed by atoms with van der Waals surface area (Å²) in [7, 11) is 0. The summed E-state index contributed by atoms with van der Waals surface area (Å²) in [6.07, 6.45) is 8.43. The van der Waals surface area contributed by atoms with Crippen molar-refractivity contribution in [3.05, 3.63) is 61.7 Å². The van der Waals surface area contributed by atoms with E-state index in [1.165, 1.54) is 0 Å². The number of anilines is 2. The largest absolute Gasteiger partial charge is 0.353 e. The van der Waals surface area contributed by atoms with Crippen LogP contribution in [0.15, 0.2) is 61.7 Å². The van der Waals surface area contributed by atoms with Crippen LogP contribution in [0.3, 0.4) is 0 Å². The van der Waals surface area contributed by atoms with E-state index in [1.807, 2.05) is 18.5 Å². The van der Waals surface area contributed by atoms with Crippen molar-refractivity contribution < 1.29 is 0 Å². The third-order valence-corrected chi connectivity index (χ3v) is 5.68. The Balaban J connectivity index is 1.29. The predicted octanol–water partition coefficient (Wildman–Crippen LogP) is 2.68. The van der Waals surface area contributed by atoms with Crippen molar-refractivity contribution >= 4 is 33.7 Å². The molecule has 0 aliphatic carbocycles. The summed E-state index contributed by atoms with van der Waals surface area (Å²) < 4.78 is 0. The van der Waals surface area contributed by atoms with Crippen LogP contribution in [-0.2, 0) is 0 Å². The Morgan fingerprint density at radius 2 is 1.65 bits per heavy atom. The van der Waals surface area contributed by atoms with Crippen LogP contribution in [0.4, 0.5) is 11.6 Å². The van der Waals surface area contributed by atoms with Gasteiger partial charge in [0.1, 0.15) is 24.0 Å². The van der Waals surface area contributed by atoms with E-state index in [4.69, 9.17) is 4.98 Å². The highest BCUT2D eigenvalue weighted by Gasteiger charge is 2.22. The molecule has 9 nitrogen and oxygen atoms in total. The molecule has 5 aromatic rings. The number of piperazine rings is 1. The number of aromatic amines is 1. The number of pyridine rings is 1. The lowest BCUT2D eigenvalue weighted by molar-refractivity contribution is 0.643. The summed E-state index contributed by atoms with van der Waals surface area (Å²) in [6.45, 7) is 3.40. The van der Waals surface area contributed by atoms with Crippen molar-refractivity contribution in [2.24, 2.45) is 0 Å². The molecule has 1 N–H and O–H groups in total. The van der Waals surface area contributed by atoms with E-state index in [2.05, 4.69) is 64.0 Å². The zero-order valence-corrected chi connectivity index (χ0v) is 16.7. The van der Waals surface area contributed by atoms with Crippen molar-refractivity contribution in [2.45, 2.75) is 0 Å². The number of hydrogen-bond acceptors (Lipinski definition) is 8. The van der Waals surface area contributed by atoms with E-state index in [1.54, 1.807) is 19.0 Å². The minimum atomic E-state index is 0.695. The smallest absolute Gasteiger partial charge is 0.182 e. The van der Waals surface area contributed by atoms with Gasteiger partial charge in [-0.1, -0.05) is 18.2 Å². The summed E-state index contributed by atoms with van der Waals surface area (Å²) in [5, 5.41) is 1.10. The van der Waals surface area contributed by atoms with Crippen LogP contribution >= 0.6 is 0 Å². The molecular formula is C22H19N9. The van der Waals surface area contributed by atoms with Gasteiger partial charge >= 0.3 is 0 Å². The number of rotatable bonds is 3. The number of nitrogens with one attached hydrogen (secondary N) is 1.